The van der Waals surface area contributed by atoms with Gasteiger partial charge >= 0.3 is 0 Å². The average Bonchev–Trinajstić information content (AvgIpc) is 2.49. The summed E-state index contributed by atoms with van der Waals surface area (Å²) in [5.41, 5.74) is 0. The lowest BCUT2D eigenvalue weighted by molar-refractivity contribution is -0.0507. The monoisotopic (exact) mass is 230 g/mol. The van der Waals surface area contributed by atoms with E-state index in [9.17, 15) is 0 Å². The van der Waals surface area contributed by atoms with E-state index in [0.717, 1.165) is 17.9 Å². The average molecular weight is 230 g/mol. The maximum atomic E-state index is 5.44. The third kappa shape index (κ3) is 8.63. The Hall–Kier alpha value is -0.660. The molecule has 0 fully saturated rings. The highest BCUT2D eigenvalue weighted by Crippen LogP contribution is 2.24. The second-order valence-electron chi connectivity index (χ2n) is 4.11. The van der Waals surface area contributed by atoms with Crippen LogP contribution in [0.3, 0.4) is 0 Å². The predicted octanol–water partition coefficient (Wildman–Crippen LogP) is 5.10. The van der Waals surface area contributed by atoms with E-state index in [2.05, 4.69) is 27.7 Å². The summed E-state index contributed by atoms with van der Waals surface area (Å²) >= 11 is 0. The number of ether oxygens (including phenoxy) is 2. The van der Waals surface area contributed by atoms with Crippen LogP contribution in [0.4, 0.5) is 0 Å². The first kappa shape index (κ1) is 17.7. The van der Waals surface area contributed by atoms with Crippen LogP contribution in [-0.4, -0.2) is 6.29 Å². The number of rotatable bonds is 2. The van der Waals surface area contributed by atoms with Crippen LogP contribution in [0, 0.1) is 5.92 Å². The molecule has 1 heterocycles. The SMILES string of the molecule is CC.CC1=C(C)OC(CC(C)C)O1.CCC. The maximum absolute atomic E-state index is 5.44. The fourth-order valence-corrected chi connectivity index (χ4v) is 1.07. The number of hydrogen-bond acceptors (Lipinski definition) is 2. The van der Waals surface area contributed by atoms with E-state index < -0.39 is 0 Å². The van der Waals surface area contributed by atoms with E-state index in [1.54, 1.807) is 0 Å². The molecule has 0 bridgehead atoms. The molecular weight excluding hydrogens is 200 g/mol. The van der Waals surface area contributed by atoms with Crippen molar-refractivity contribution in [3.63, 3.8) is 0 Å². The first-order valence-corrected chi connectivity index (χ1v) is 6.52. The molecule has 0 saturated carbocycles. The molecule has 0 radical (unpaired) electrons. The summed E-state index contributed by atoms with van der Waals surface area (Å²) < 4.78 is 10.9. The molecule has 98 valence electrons. The summed E-state index contributed by atoms with van der Waals surface area (Å²) in [4.78, 5) is 0. The van der Waals surface area contributed by atoms with Crippen molar-refractivity contribution in [1.29, 1.82) is 0 Å². The molecule has 0 atom stereocenters. The number of hydrogen-bond donors (Lipinski definition) is 0. The van der Waals surface area contributed by atoms with Crippen LogP contribution in [0.25, 0.3) is 0 Å². The summed E-state index contributed by atoms with van der Waals surface area (Å²) in [6.07, 6.45) is 2.18. The first-order valence-electron chi connectivity index (χ1n) is 6.52. The molecule has 0 aromatic rings. The van der Waals surface area contributed by atoms with Gasteiger partial charge in [-0.1, -0.05) is 48.0 Å². The molecule has 0 aliphatic carbocycles. The fourth-order valence-electron chi connectivity index (χ4n) is 1.07. The van der Waals surface area contributed by atoms with Crippen molar-refractivity contribution in [2.45, 2.75) is 74.5 Å². The summed E-state index contributed by atoms with van der Waals surface area (Å²) in [6.45, 7) is 16.5. The zero-order valence-electron chi connectivity index (χ0n) is 12.4. The molecule has 0 saturated heterocycles. The van der Waals surface area contributed by atoms with Crippen LogP contribution in [-0.2, 0) is 9.47 Å². The minimum Gasteiger partial charge on any atom is -0.456 e. The molecule has 1 aliphatic heterocycles. The van der Waals surface area contributed by atoms with Gasteiger partial charge in [0.05, 0.1) is 0 Å². The highest BCUT2D eigenvalue weighted by molar-refractivity contribution is 4.99. The third-order valence-electron chi connectivity index (χ3n) is 1.78. The molecule has 0 amide bonds. The Morgan fingerprint density at radius 1 is 1.00 bits per heavy atom. The molecule has 0 unspecified atom stereocenters. The molecule has 0 aromatic heterocycles. The van der Waals surface area contributed by atoms with E-state index >= 15 is 0 Å². The van der Waals surface area contributed by atoms with Crippen molar-refractivity contribution in [2.24, 2.45) is 5.92 Å². The summed E-state index contributed by atoms with van der Waals surface area (Å²) in [7, 11) is 0. The second kappa shape index (κ2) is 10.8. The Morgan fingerprint density at radius 2 is 1.31 bits per heavy atom. The largest absolute Gasteiger partial charge is 0.456 e. The molecule has 1 aliphatic rings. The van der Waals surface area contributed by atoms with Gasteiger partial charge in [-0.3, -0.25) is 0 Å². The van der Waals surface area contributed by atoms with E-state index in [0.29, 0.717) is 5.92 Å². The maximum Gasteiger partial charge on any atom is 0.240 e. The lowest BCUT2D eigenvalue weighted by atomic mass is 10.1. The van der Waals surface area contributed by atoms with Crippen LogP contribution >= 0.6 is 0 Å². The van der Waals surface area contributed by atoms with Gasteiger partial charge in [-0.25, -0.2) is 0 Å². The van der Waals surface area contributed by atoms with Gasteiger partial charge in [0.2, 0.25) is 6.29 Å². The van der Waals surface area contributed by atoms with Gasteiger partial charge in [0.1, 0.15) is 11.5 Å². The molecular formula is C14H30O2. The van der Waals surface area contributed by atoms with Crippen molar-refractivity contribution < 1.29 is 9.47 Å². The van der Waals surface area contributed by atoms with Gasteiger partial charge in [0, 0.05) is 6.42 Å². The summed E-state index contributed by atoms with van der Waals surface area (Å²) in [5, 5.41) is 0. The molecule has 0 aromatic carbocycles. The normalized spacial score (nSPS) is 14.6. The Bertz CT molecular complexity index is 169. The third-order valence-corrected chi connectivity index (χ3v) is 1.78. The molecule has 2 heteroatoms. The van der Waals surface area contributed by atoms with Crippen molar-refractivity contribution in [1.82, 2.24) is 0 Å². The van der Waals surface area contributed by atoms with Crippen LogP contribution in [0.5, 0.6) is 0 Å². The molecule has 2 nitrogen and oxygen atoms in total. The Balaban J connectivity index is 0. The topological polar surface area (TPSA) is 18.5 Å². The lowest BCUT2D eigenvalue weighted by Crippen LogP contribution is -2.11. The van der Waals surface area contributed by atoms with Crippen LogP contribution in [0.2, 0.25) is 0 Å². The Labute approximate surface area is 102 Å². The standard InChI is InChI=1S/C9H16O2.C3H8.C2H6/c1-6(2)5-9-10-7(3)8(4)11-9;1-3-2;1-2/h6,9H,5H2,1-4H3;3H2,1-2H3;1-2H3. The first-order chi connectivity index (χ1) is 7.51. The Morgan fingerprint density at radius 3 is 1.56 bits per heavy atom. The van der Waals surface area contributed by atoms with Gasteiger partial charge < -0.3 is 9.47 Å². The number of allylic oxidation sites excluding steroid dienone is 2. The quantitative estimate of drug-likeness (QED) is 0.657. The lowest BCUT2D eigenvalue weighted by Gasteiger charge is -2.13. The van der Waals surface area contributed by atoms with Crippen molar-refractivity contribution >= 4 is 0 Å². The predicted molar refractivity (Wildman–Crippen MR) is 71.1 cm³/mol. The highest BCUT2D eigenvalue weighted by atomic mass is 16.7. The van der Waals surface area contributed by atoms with Gasteiger partial charge in [0.15, 0.2) is 0 Å². The van der Waals surface area contributed by atoms with Crippen molar-refractivity contribution in [3.8, 4) is 0 Å². The summed E-state index contributed by atoms with van der Waals surface area (Å²) in [6, 6.07) is 0. The zero-order chi connectivity index (χ0) is 13.1. The van der Waals surface area contributed by atoms with Gasteiger partial charge in [0.25, 0.3) is 0 Å². The van der Waals surface area contributed by atoms with Gasteiger partial charge in [-0.2, -0.15) is 0 Å². The van der Waals surface area contributed by atoms with E-state index in [4.69, 9.17) is 9.47 Å². The van der Waals surface area contributed by atoms with Crippen molar-refractivity contribution in [3.05, 3.63) is 11.5 Å². The van der Waals surface area contributed by atoms with E-state index in [-0.39, 0.29) is 6.29 Å². The molecule has 0 N–H and O–H groups in total. The Kier molecular flexibility index (Phi) is 12.0. The van der Waals surface area contributed by atoms with Crippen LogP contribution in [0.1, 0.15) is 68.2 Å². The fraction of sp³-hybridized carbons (Fsp3) is 0.857. The van der Waals surface area contributed by atoms with Crippen LogP contribution in [0.15, 0.2) is 11.5 Å². The molecule has 1 rings (SSSR count). The van der Waals surface area contributed by atoms with Gasteiger partial charge in [-0.05, 0) is 19.8 Å². The molecule has 16 heavy (non-hydrogen) atoms. The minimum absolute atomic E-state index is 0.0324. The zero-order valence-corrected chi connectivity index (χ0v) is 12.4. The van der Waals surface area contributed by atoms with E-state index in [1.165, 1.54) is 6.42 Å². The van der Waals surface area contributed by atoms with Gasteiger partial charge in [-0.15, -0.1) is 0 Å². The molecule has 0 spiro atoms. The minimum atomic E-state index is -0.0324. The van der Waals surface area contributed by atoms with Crippen molar-refractivity contribution in [2.75, 3.05) is 0 Å². The van der Waals surface area contributed by atoms with Crippen LogP contribution < -0.4 is 0 Å². The van der Waals surface area contributed by atoms with E-state index in [1.807, 2.05) is 27.7 Å². The smallest absolute Gasteiger partial charge is 0.240 e. The second-order valence-corrected chi connectivity index (χ2v) is 4.11. The summed E-state index contributed by atoms with van der Waals surface area (Å²) in [5.74, 6) is 2.48. The highest BCUT2D eigenvalue weighted by Gasteiger charge is 2.21.